The zero-order valence-corrected chi connectivity index (χ0v) is 13.5. The van der Waals surface area contributed by atoms with Crippen LogP contribution in [0.2, 0.25) is 0 Å². The van der Waals surface area contributed by atoms with Crippen molar-refractivity contribution in [2.75, 3.05) is 0 Å². The van der Waals surface area contributed by atoms with Crippen LogP contribution in [-0.2, 0) is 9.59 Å². The van der Waals surface area contributed by atoms with E-state index in [-0.39, 0.29) is 52.4 Å². The molecular formula is C11H16N2NaO2S. The SMILES string of the molecule is CC=CCC1(C(C)C)C(=O)NC(=S)NC1=O.[Na]. The second-order valence-electron chi connectivity index (χ2n) is 4.14. The molecule has 2 amide bonds. The van der Waals surface area contributed by atoms with Gasteiger partial charge < -0.3 is 10.6 Å². The van der Waals surface area contributed by atoms with E-state index in [2.05, 4.69) is 10.6 Å². The van der Waals surface area contributed by atoms with Crippen LogP contribution >= 0.6 is 12.2 Å². The third kappa shape index (κ3) is 3.16. The van der Waals surface area contributed by atoms with E-state index < -0.39 is 5.41 Å². The molecule has 4 nitrogen and oxygen atoms in total. The number of rotatable bonds is 3. The molecule has 1 rings (SSSR count). The van der Waals surface area contributed by atoms with E-state index in [1.807, 2.05) is 32.9 Å². The summed E-state index contributed by atoms with van der Waals surface area (Å²) in [4.78, 5) is 24.0. The summed E-state index contributed by atoms with van der Waals surface area (Å²) in [6.07, 6.45) is 4.05. The third-order valence-corrected chi connectivity index (χ3v) is 3.13. The van der Waals surface area contributed by atoms with Crippen LogP contribution in [0, 0.1) is 11.3 Å². The number of amides is 2. The van der Waals surface area contributed by atoms with Gasteiger partial charge in [0.05, 0.1) is 0 Å². The van der Waals surface area contributed by atoms with Gasteiger partial charge in [-0.15, -0.1) is 0 Å². The molecule has 0 aromatic carbocycles. The van der Waals surface area contributed by atoms with Crippen LogP contribution in [-0.4, -0.2) is 46.5 Å². The van der Waals surface area contributed by atoms with E-state index in [1.165, 1.54) is 0 Å². The summed E-state index contributed by atoms with van der Waals surface area (Å²) in [7, 11) is 0. The largest absolute Gasteiger partial charge is 0.302 e. The Labute approximate surface area is 129 Å². The molecule has 0 saturated carbocycles. The van der Waals surface area contributed by atoms with Crippen LogP contribution in [0.3, 0.4) is 0 Å². The van der Waals surface area contributed by atoms with Crippen LogP contribution < -0.4 is 10.6 Å². The van der Waals surface area contributed by atoms with Crippen molar-refractivity contribution in [1.82, 2.24) is 10.6 Å². The Morgan fingerprint density at radius 2 is 1.76 bits per heavy atom. The monoisotopic (exact) mass is 263 g/mol. The number of nitrogens with one attached hydrogen (secondary N) is 2. The molecule has 1 heterocycles. The van der Waals surface area contributed by atoms with E-state index in [0.29, 0.717) is 6.42 Å². The minimum absolute atomic E-state index is 0. The molecule has 1 radical (unpaired) electrons. The molecule has 1 aliphatic heterocycles. The van der Waals surface area contributed by atoms with Gasteiger partial charge in [-0.2, -0.15) is 0 Å². The molecule has 0 aromatic rings. The van der Waals surface area contributed by atoms with Gasteiger partial charge in [0.1, 0.15) is 5.41 Å². The van der Waals surface area contributed by atoms with Crippen LogP contribution in [0.15, 0.2) is 12.2 Å². The van der Waals surface area contributed by atoms with Gasteiger partial charge >= 0.3 is 0 Å². The number of carbonyl (C=O) groups excluding carboxylic acids is 2. The van der Waals surface area contributed by atoms with Gasteiger partial charge in [-0.1, -0.05) is 26.0 Å². The Balaban J connectivity index is 0.00000256. The number of thiocarbonyl (C=S) groups is 1. The van der Waals surface area contributed by atoms with Gasteiger partial charge in [0.2, 0.25) is 11.8 Å². The predicted molar refractivity (Wildman–Crippen MR) is 71.3 cm³/mol. The second-order valence-corrected chi connectivity index (χ2v) is 4.54. The number of hydrogen-bond acceptors (Lipinski definition) is 3. The van der Waals surface area contributed by atoms with E-state index in [9.17, 15) is 9.59 Å². The molecule has 89 valence electrons. The minimum Gasteiger partial charge on any atom is -0.302 e. The maximum atomic E-state index is 12.0. The van der Waals surface area contributed by atoms with Gasteiger partial charge in [0, 0.05) is 29.6 Å². The van der Waals surface area contributed by atoms with Crippen LogP contribution in [0.4, 0.5) is 0 Å². The van der Waals surface area contributed by atoms with Gasteiger partial charge in [-0.25, -0.2) is 0 Å². The van der Waals surface area contributed by atoms with Crippen molar-refractivity contribution in [3.63, 3.8) is 0 Å². The smallest absolute Gasteiger partial charge is 0.242 e. The first-order valence-corrected chi connectivity index (χ1v) is 5.64. The average molecular weight is 263 g/mol. The topological polar surface area (TPSA) is 58.2 Å². The molecular weight excluding hydrogens is 247 g/mol. The third-order valence-electron chi connectivity index (χ3n) is 2.93. The molecule has 0 spiro atoms. The standard InChI is InChI=1S/C11H16N2O2S.Na/c1-4-5-6-11(7(2)3)8(14)12-10(16)13-9(11)15;/h4-5,7H,6H2,1-3H3,(H2,12,13,14,15,16);. The van der Waals surface area contributed by atoms with Crippen molar-refractivity contribution < 1.29 is 9.59 Å². The van der Waals surface area contributed by atoms with E-state index >= 15 is 0 Å². The van der Waals surface area contributed by atoms with E-state index in [4.69, 9.17) is 12.2 Å². The predicted octanol–water partition coefficient (Wildman–Crippen LogP) is 0.745. The molecule has 1 saturated heterocycles. The Morgan fingerprint density at radius 1 is 1.29 bits per heavy atom. The fraction of sp³-hybridized carbons (Fsp3) is 0.545. The van der Waals surface area contributed by atoms with E-state index in [0.717, 1.165) is 0 Å². The van der Waals surface area contributed by atoms with Crippen molar-refractivity contribution in [1.29, 1.82) is 0 Å². The Bertz CT molecular complexity index is 346. The van der Waals surface area contributed by atoms with Crippen LogP contribution in [0.25, 0.3) is 0 Å². The number of carbonyl (C=O) groups is 2. The van der Waals surface area contributed by atoms with Crippen molar-refractivity contribution in [2.24, 2.45) is 11.3 Å². The molecule has 0 aromatic heterocycles. The van der Waals surface area contributed by atoms with Gasteiger partial charge in [0.25, 0.3) is 0 Å². The maximum absolute atomic E-state index is 12.0. The van der Waals surface area contributed by atoms with Crippen molar-refractivity contribution in [3.05, 3.63) is 12.2 Å². The summed E-state index contributed by atoms with van der Waals surface area (Å²) in [5.41, 5.74) is -1.05. The second kappa shape index (κ2) is 6.64. The summed E-state index contributed by atoms with van der Waals surface area (Å²) in [5.74, 6) is -0.712. The zero-order chi connectivity index (χ0) is 12.3. The summed E-state index contributed by atoms with van der Waals surface area (Å²) >= 11 is 4.78. The molecule has 1 aliphatic rings. The number of allylic oxidation sites excluding steroid dienone is 2. The Kier molecular flexibility index (Phi) is 6.55. The van der Waals surface area contributed by atoms with Crippen molar-refractivity contribution in [3.8, 4) is 0 Å². The Hall–Kier alpha value is -0.230. The quantitative estimate of drug-likeness (QED) is 0.342. The first-order chi connectivity index (χ1) is 7.45. The first-order valence-electron chi connectivity index (χ1n) is 5.23. The first kappa shape index (κ1) is 16.8. The fourth-order valence-electron chi connectivity index (χ4n) is 1.81. The molecule has 17 heavy (non-hydrogen) atoms. The Morgan fingerprint density at radius 3 is 2.12 bits per heavy atom. The molecule has 2 N–H and O–H groups in total. The van der Waals surface area contributed by atoms with Gasteiger partial charge in [0.15, 0.2) is 5.11 Å². The van der Waals surface area contributed by atoms with Crippen molar-refractivity contribution >= 4 is 58.7 Å². The zero-order valence-electron chi connectivity index (χ0n) is 10.7. The summed E-state index contributed by atoms with van der Waals surface area (Å²) in [6.45, 7) is 5.57. The molecule has 0 aliphatic carbocycles. The van der Waals surface area contributed by atoms with Crippen LogP contribution in [0.1, 0.15) is 27.2 Å². The van der Waals surface area contributed by atoms with Crippen molar-refractivity contribution in [2.45, 2.75) is 27.2 Å². The van der Waals surface area contributed by atoms with Gasteiger partial charge in [-0.3, -0.25) is 9.59 Å². The number of hydrogen-bond donors (Lipinski definition) is 2. The molecule has 0 bridgehead atoms. The summed E-state index contributed by atoms with van der Waals surface area (Å²) < 4.78 is 0. The molecule has 6 heteroatoms. The fourth-order valence-corrected chi connectivity index (χ4v) is 2.00. The maximum Gasteiger partial charge on any atom is 0.242 e. The average Bonchev–Trinajstić information content (AvgIpc) is 2.16. The van der Waals surface area contributed by atoms with E-state index in [1.54, 1.807) is 0 Å². The summed E-state index contributed by atoms with van der Waals surface area (Å²) in [5, 5.41) is 5.12. The molecule has 0 atom stereocenters. The van der Waals surface area contributed by atoms with Crippen LogP contribution in [0.5, 0.6) is 0 Å². The molecule has 1 fully saturated rings. The normalized spacial score (nSPS) is 18.9. The van der Waals surface area contributed by atoms with Gasteiger partial charge in [-0.05, 0) is 31.5 Å². The summed E-state index contributed by atoms with van der Waals surface area (Å²) in [6, 6.07) is 0. The minimum atomic E-state index is -1.05. The molecule has 0 unspecified atom stereocenters.